The van der Waals surface area contributed by atoms with Gasteiger partial charge in [-0.25, -0.2) is 0 Å². The number of benzene rings is 2. The van der Waals surface area contributed by atoms with Gasteiger partial charge in [-0.05, 0) is 73.6 Å². The molecule has 0 bridgehead atoms. The molecule has 1 atom stereocenters. The molecule has 2 N–H and O–H groups in total. The van der Waals surface area contributed by atoms with Gasteiger partial charge in [0.2, 0.25) is 0 Å². The van der Waals surface area contributed by atoms with Gasteiger partial charge in [-0.3, -0.25) is 19.5 Å². The average molecular weight is 435 g/mol. The molecule has 7 heteroatoms. The maximum Gasteiger partial charge on any atom is 0.317 e. The van der Waals surface area contributed by atoms with Gasteiger partial charge >= 0.3 is 5.97 Å². The number of fused-ring (bicyclic) bond motifs is 1. The van der Waals surface area contributed by atoms with Gasteiger partial charge in [-0.15, -0.1) is 0 Å². The number of carboxylic acids is 1. The first-order chi connectivity index (χ1) is 15.5. The van der Waals surface area contributed by atoms with E-state index in [1.807, 2.05) is 60.5 Å². The molecule has 2 aliphatic heterocycles. The molecule has 0 radical (unpaired) electrons. The molecule has 0 saturated carbocycles. The number of aliphatic carboxylic acids is 1. The van der Waals surface area contributed by atoms with Crippen LogP contribution in [-0.2, 0) is 11.2 Å². The van der Waals surface area contributed by atoms with Crippen molar-refractivity contribution in [3.8, 4) is 0 Å². The summed E-state index contributed by atoms with van der Waals surface area (Å²) in [6, 6.07) is 13.3. The van der Waals surface area contributed by atoms with Crippen LogP contribution in [0.4, 0.5) is 5.69 Å². The van der Waals surface area contributed by atoms with Crippen molar-refractivity contribution in [2.24, 2.45) is 5.10 Å². The molecular weight excluding hydrogens is 404 g/mol. The Morgan fingerprint density at radius 2 is 1.84 bits per heavy atom. The third kappa shape index (κ3) is 5.34. The van der Waals surface area contributed by atoms with Crippen molar-refractivity contribution in [2.45, 2.75) is 38.6 Å². The molecule has 1 saturated heterocycles. The molecule has 1 fully saturated rings. The van der Waals surface area contributed by atoms with Gasteiger partial charge in [-0.2, -0.15) is 5.10 Å². The third-order valence-electron chi connectivity index (χ3n) is 6.28. The maximum atomic E-state index is 12.8. The zero-order valence-electron chi connectivity index (χ0n) is 18.5. The van der Waals surface area contributed by atoms with Gasteiger partial charge in [0.15, 0.2) is 0 Å². The number of hydrazone groups is 1. The van der Waals surface area contributed by atoms with Gasteiger partial charge in [-0.1, -0.05) is 18.2 Å². The lowest BCUT2D eigenvalue weighted by Crippen LogP contribution is -2.37. The molecule has 7 nitrogen and oxygen atoms in total. The van der Waals surface area contributed by atoms with E-state index in [2.05, 4.69) is 15.4 Å². The summed E-state index contributed by atoms with van der Waals surface area (Å²) in [7, 11) is 0. The average Bonchev–Trinajstić information content (AvgIpc) is 2.81. The number of nitrogens with zero attached hydrogens (tertiary/aromatic N) is 3. The number of rotatable bonds is 6. The Balaban J connectivity index is 1.40. The normalized spacial score (nSPS) is 19.0. The number of anilines is 1. The number of piperidine rings is 1. The molecular formula is C25H30N4O3. The number of amides is 1. The molecule has 4 rings (SSSR count). The van der Waals surface area contributed by atoms with Gasteiger partial charge in [0, 0.05) is 36.9 Å². The second-order valence-electron chi connectivity index (χ2n) is 8.54. The zero-order chi connectivity index (χ0) is 22.5. The highest BCUT2D eigenvalue weighted by Gasteiger charge is 2.26. The van der Waals surface area contributed by atoms with E-state index in [0.29, 0.717) is 12.1 Å². The van der Waals surface area contributed by atoms with Gasteiger partial charge in [0.25, 0.3) is 5.91 Å². The monoisotopic (exact) mass is 434 g/mol. The Labute approximate surface area is 188 Å². The van der Waals surface area contributed by atoms with Crippen LogP contribution in [0.3, 0.4) is 0 Å². The highest BCUT2D eigenvalue weighted by molar-refractivity contribution is 6.04. The molecule has 0 aromatic heterocycles. The van der Waals surface area contributed by atoms with E-state index in [9.17, 15) is 9.59 Å². The highest BCUT2D eigenvalue weighted by atomic mass is 16.4. The van der Waals surface area contributed by atoms with Gasteiger partial charge in [0.05, 0.1) is 12.8 Å². The number of hydrogen-bond donors (Lipinski definition) is 2. The summed E-state index contributed by atoms with van der Waals surface area (Å²) in [6.07, 6.45) is 6.33. The minimum atomic E-state index is -0.835. The van der Waals surface area contributed by atoms with E-state index in [-0.39, 0.29) is 18.5 Å². The van der Waals surface area contributed by atoms with Crippen molar-refractivity contribution in [1.29, 1.82) is 0 Å². The SMILES string of the molecule is CC1c2cc(C(=O)Nc3ccc(C=NN4CCCCC4)cc3)ccc2CCN1CC(=O)O. The van der Waals surface area contributed by atoms with Crippen LogP contribution in [0.1, 0.15) is 59.3 Å². The van der Waals surface area contributed by atoms with Crippen molar-refractivity contribution in [2.75, 3.05) is 31.5 Å². The first-order valence-corrected chi connectivity index (χ1v) is 11.3. The van der Waals surface area contributed by atoms with Crippen LogP contribution in [0.2, 0.25) is 0 Å². The summed E-state index contributed by atoms with van der Waals surface area (Å²) in [5, 5.41) is 18.7. The lowest BCUT2D eigenvalue weighted by Gasteiger charge is -2.34. The molecule has 1 amide bonds. The van der Waals surface area contributed by atoms with Crippen molar-refractivity contribution in [3.63, 3.8) is 0 Å². The van der Waals surface area contributed by atoms with Crippen LogP contribution in [0.25, 0.3) is 0 Å². The van der Waals surface area contributed by atoms with E-state index < -0.39 is 5.97 Å². The zero-order valence-corrected chi connectivity index (χ0v) is 18.5. The lowest BCUT2D eigenvalue weighted by molar-refractivity contribution is -0.139. The molecule has 168 valence electrons. The summed E-state index contributed by atoms with van der Waals surface area (Å²) in [6.45, 7) is 4.73. The Hall–Kier alpha value is -3.19. The number of carbonyl (C=O) groups is 2. The van der Waals surface area contributed by atoms with Crippen LogP contribution in [0.15, 0.2) is 47.6 Å². The maximum absolute atomic E-state index is 12.8. The van der Waals surface area contributed by atoms with E-state index in [1.54, 1.807) is 0 Å². The number of carboxylic acid groups (broad SMARTS) is 1. The minimum absolute atomic E-state index is 0.00441. The number of hydrogen-bond acceptors (Lipinski definition) is 5. The van der Waals surface area contributed by atoms with Crippen molar-refractivity contribution in [1.82, 2.24) is 9.91 Å². The number of nitrogens with one attached hydrogen (secondary N) is 1. The molecule has 0 spiro atoms. The van der Waals surface area contributed by atoms with Crippen LogP contribution >= 0.6 is 0 Å². The first kappa shape index (κ1) is 22.0. The quantitative estimate of drug-likeness (QED) is 0.676. The molecule has 2 aliphatic rings. The van der Waals surface area contributed by atoms with Crippen molar-refractivity contribution >= 4 is 23.8 Å². The first-order valence-electron chi connectivity index (χ1n) is 11.3. The fourth-order valence-electron chi connectivity index (χ4n) is 4.39. The lowest BCUT2D eigenvalue weighted by atomic mass is 9.91. The Bertz CT molecular complexity index is 997. The predicted molar refractivity (Wildman–Crippen MR) is 125 cm³/mol. The van der Waals surface area contributed by atoms with Crippen molar-refractivity contribution < 1.29 is 14.7 Å². The molecule has 1 unspecified atom stereocenters. The summed E-state index contributed by atoms with van der Waals surface area (Å²) in [5.41, 5.74) is 4.49. The summed E-state index contributed by atoms with van der Waals surface area (Å²) in [4.78, 5) is 25.9. The standard InChI is InChI=1S/C25H30N4O3/c1-18-23-15-21(8-7-20(23)11-14-28(18)17-24(30)31)25(32)27-22-9-5-19(6-10-22)16-26-29-12-3-2-4-13-29/h5-10,15-16,18H,2-4,11-14,17H2,1H3,(H,27,32)(H,30,31). The fourth-order valence-corrected chi connectivity index (χ4v) is 4.39. The fraction of sp³-hybridized carbons (Fsp3) is 0.400. The van der Waals surface area contributed by atoms with E-state index in [1.165, 1.54) is 24.8 Å². The smallest absolute Gasteiger partial charge is 0.317 e. The van der Waals surface area contributed by atoms with Gasteiger partial charge in [0.1, 0.15) is 0 Å². The molecule has 2 aromatic carbocycles. The highest BCUT2D eigenvalue weighted by Crippen LogP contribution is 2.30. The summed E-state index contributed by atoms with van der Waals surface area (Å²) < 4.78 is 0. The summed E-state index contributed by atoms with van der Waals surface area (Å²) >= 11 is 0. The summed E-state index contributed by atoms with van der Waals surface area (Å²) in [5.74, 6) is -1.01. The minimum Gasteiger partial charge on any atom is -0.480 e. The Morgan fingerprint density at radius 1 is 1.09 bits per heavy atom. The second kappa shape index (κ2) is 9.96. The largest absolute Gasteiger partial charge is 0.480 e. The van der Waals surface area contributed by atoms with Crippen LogP contribution in [-0.4, -0.2) is 59.3 Å². The van der Waals surface area contributed by atoms with Crippen LogP contribution in [0.5, 0.6) is 0 Å². The van der Waals surface area contributed by atoms with Gasteiger partial charge < -0.3 is 10.4 Å². The Kier molecular flexibility index (Phi) is 6.85. The molecule has 32 heavy (non-hydrogen) atoms. The predicted octanol–water partition coefficient (Wildman–Crippen LogP) is 3.76. The van der Waals surface area contributed by atoms with Crippen molar-refractivity contribution in [3.05, 3.63) is 64.7 Å². The van der Waals surface area contributed by atoms with Crippen LogP contribution in [0, 0.1) is 0 Å². The third-order valence-corrected chi connectivity index (χ3v) is 6.28. The van der Waals surface area contributed by atoms with E-state index >= 15 is 0 Å². The molecule has 0 aliphatic carbocycles. The molecule has 2 heterocycles. The topological polar surface area (TPSA) is 85.2 Å². The molecule has 2 aromatic rings. The van der Waals surface area contributed by atoms with E-state index in [4.69, 9.17) is 5.11 Å². The second-order valence-corrected chi connectivity index (χ2v) is 8.54. The Morgan fingerprint density at radius 3 is 2.56 bits per heavy atom. The van der Waals surface area contributed by atoms with E-state index in [0.717, 1.165) is 36.3 Å². The van der Waals surface area contributed by atoms with Crippen LogP contribution < -0.4 is 5.32 Å². The number of carbonyl (C=O) groups excluding carboxylic acids is 1.